The Kier molecular flexibility index (Phi) is 9.07. The van der Waals surface area contributed by atoms with Crippen LogP contribution in [0.15, 0.2) is 42.5 Å². The molecule has 3 saturated heterocycles. The molecule has 0 N–H and O–H groups in total. The van der Waals surface area contributed by atoms with Gasteiger partial charge in [0, 0.05) is 80.1 Å². The minimum absolute atomic E-state index is 0.145. The predicted molar refractivity (Wildman–Crippen MR) is 187 cm³/mol. The van der Waals surface area contributed by atoms with Gasteiger partial charge in [0.2, 0.25) is 10.0 Å². The molecule has 2 aromatic heterocycles. The molecule has 4 aromatic rings. The van der Waals surface area contributed by atoms with Crippen molar-refractivity contribution in [3.63, 3.8) is 0 Å². The number of aromatic nitrogens is 3. The number of nitrogens with zero attached hydrogens (tertiary/aromatic N) is 8. The van der Waals surface area contributed by atoms with Gasteiger partial charge in [-0.25, -0.2) is 8.42 Å². The molecular formula is C36H43F3N8O2S. The maximum absolute atomic E-state index is 13.1. The summed E-state index contributed by atoms with van der Waals surface area (Å²) < 4.78 is 66.9. The van der Waals surface area contributed by atoms with Crippen LogP contribution in [0.4, 0.5) is 18.9 Å². The Morgan fingerprint density at radius 1 is 0.960 bits per heavy atom. The van der Waals surface area contributed by atoms with E-state index < -0.39 is 22.6 Å². The molecule has 14 heteroatoms. The summed E-state index contributed by atoms with van der Waals surface area (Å²) >= 11 is 0. The Morgan fingerprint density at radius 2 is 1.66 bits per heavy atom. The van der Waals surface area contributed by atoms with Gasteiger partial charge >= 0.3 is 6.18 Å². The summed E-state index contributed by atoms with van der Waals surface area (Å²) in [5, 5.41) is 20.3. The van der Waals surface area contributed by atoms with E-state index in [0.717, 1.165) is 73.2 Å². The number of nitriles is 1. The van der Waals surface area contributed by atoms with E-state index in [1.807, 2.05) is 13.0 Å². The number of alkyl halides is 3. The first-order valence-electron chi connectivity index (χ1n) is 17.2. The lowest BCUT2D eigenvalue weighted by molar-refractivity contribution is -0.127. The van der Waals surface area contributed by atoms with E-state index in [1.54, 1.807) is 12.1 Å². The number of rotatable bonds is 8. The van der Waals surface area contributed by atoms with E-state index in [1.165, 1.54) is 22.2 Å². The minimum Gasteiger partial charge on any atom is -0.368 e. The van der Waals surface area contributed by atoms with Crippen LogP contribution in [0.3, 0.4) is 0 Å². The van der Waals surface area contributed by atoms with Gasteiger partial charge in [0.1, 0.15) is 11.8 Å². The van der Waals surface area contributed by atoms with Gasteiger partial charge in [0.15, 0.2) is 0 Å². The quantitative estimate of drug-likeness (QED) is 0.254. The minimum atomic E-state index is -4.27. The van der Waals surface area contributed by atoms with Crippen LogP contribution in [0.2, 0.25) is 0 Å². The third kappa shape index (κ3) is 7.06. The van der Waals surface area contributed by atoms with Crippen LogP contribution < -0.4 is 4.90 Å². The van der Waals surface area contributed by atoms with Gasteiger partial charge < -0.3 is 9.47 Å². The molecule has 2 aromatic carbocycles. The maximum Gasteiger partial charge on any atom is 0.393 e. The van der Waals surface area contributed by atoms with E-state index in [2.05, 4.69) is 60.7 Å². The number of halogens is 3. The molecule has 0 bridgehead atoms. The van der Waals surface area contributed by atoms with Crippen molar-refractivity contribution >= 4 is 37.5 Å². The van der Waals surface area contributed by atoms with Gasteiger partial charge in [-0.05, 0) is 81.2 Å². The summed E-state index contributed by atoms with van der Waals surface area (Å²) in [6.07, 6.45) is -1.88. The summed E-state index contributed by atoms with van der Waals surface area (Å²) in [6, 6.07) is 15.7. The topological polar surface area (TPSA) is 102 Å². The molecular weight excluding hydrogens is 666 g/mol. The number of fused-ring (bicyclic) bond motifs is 2. The number of sulfonamides is 1. The molecule has 1 spiro atoms. The monoisotopic (exact) mass is 708 g/mol. The highest BCUT2D eigenvalue weighted by Gasteiger charge is 2.46. The third-order valence-corrected chi connectivity index (χ3v) is 12.3. The van der Waals surface area contributed by atoms with Crippen molar-refractivity contribution in [1.29, 1.82) is 5.26 Å². The molecule has 0 radical (unpaired) electrons. The number of hydrogen-bond acceptors (Lipinski definition) is 8. The van der Waals surface area contributed by atoms with Gasteiger partial charge in [-0.1, -0.05) is 12.1 Å². The molecule has 3 fully saturated rings. The lowest BCUT2D eigenvalue weighted by atomic mass is 9.71. The Hall–Kier alpha value is -3.77. The molecule has 0 saturated carbocycles. The Balaban J connectivity index is 0.971. The van der Waals surface area contributed by atoms with Crippen LogP contribution in [-0.4, -0.2) is 108 Å². The average Bonchev–Trinajstić information content (AvgIpc) is 3.39. The predicted octanol–water partition coefficient (Wildman–Crippen LogP) is 4.94. The summed E-state index contributed by atoms with van der Waals surface area (Å²) in [6.45, 7) is 11.4. The maximum atomic E-state index is 13.1. The van der Waals surface area contributed by atoms with E-state index in [0.29, 0.717) is 43.9 Å². The average molecular weight is 709 g/mol. The number of piperidine rings is 1. The lowest BCUT2D eigenvalue weighted by Crippen LogP contribution is -2.60. The first-order valence-corrected chi connectivity index (χ1v) is 19.1. The molecule has 3 aliphatic rings. The van der Waals surface area contributed by atoms with Crippen LogP contribution in [0.25, 0.3) is 21.8 Å². The van der Waals surface area contributed by atoms with Gasteiger partial charge in [-0.3, -0.25) is 9.80 Å². The first kappa shape index (κ1) is 34.7. The summed E-state index contributed by atoms with van der Waals surface area (Å²) in [4.78, 5) is 7.04. The highest BCUT2D eigenvalue weighted by molar-refractivity contribution is 7.88. The SMILES string of the molecule is Cc1nnc2ccc(CC(F)(F)F)cc2c1N1CC2(CCN(Cc3ccc4c(c3)cc(C#N)n4CC(C)N3CCN(S(C)(=O)=O)CC3)CC2)C1. The number of aryl methyl sites for hydroxylation is 1. The second kappa shape index (κ2) is 13.1. The van der Waals surface area contributed by atoms with E-state index >= 15 is 0 Å². The fourth-order valence-electron chi connectivity index (χ4n) is 8.22. The Labute approximate surface area is 291 Å². The second-order valence-corrected chi connectivity index (χ2v) is 16.6. The Bertz CT molecular complexity index is 2050. The number of piperazine rings is 1. The zero-order chi connectivity index (χ0) is 35.4. The van der Waals surface area contributed by atoms with Crippen molar-refractivity contribution in [1.82, 2.24) is 28.9 Å². The molecule has 7 rings (SSSR count). The Morgan fingerprint density at radius 3 is 2.32 bits per heavy atom. The molecule has 10 nitrogen and oxygen atoms in total. The van der Waals surface area contributed by atoms with E-state index in [9.17, 15) is 26.9 Å². The van der Waals surface area contributed by atoms with Crippen molar-refractivity contribution < 1.29 is 21.6 Å². The highest BCUT2D eigenvalue weighted by Crippen LogP contribution is 2.45. The van der Waals surface area contributed by atoms with Gasteiger partial charge in [-0.2, -0.15) is 32.9 Å². The molecule has 5 heterocycles. The summed E-state index contributed by atoms with van der Waals surface area (Å²) in [5.41, 5.74) is 5.51. The van der Waals surface area contributed by atoms with Crippen molar-refractivity contribution in [3.8, 4) is 6.07 Å². The molecule has 1 unspecified atom stereocenters. The molecule has 50 heavy (non-hydrogen) atoms. The normalized spacial score (nSPS) is 20.0. The molecule has 1 atom stereocenters. The zero-order valence-corrected chi connectivity index (χ0v) is 29.6. The fourth-order valence-corrected chi connectivity index (χ4v) is 9.04. The van der Waals surface area contributed by atoms with Crippen LogP contribution in [0, 0.1) is 23.7 Å². The van der Waals surface area contributed by atoms with Gasteiger partial charge in [0.25, 0.3) is 0 Å². The largest absolute Gasteiger partial charge is 0.393 e. The van der Waals surface area contributed by atoms with Crippen LogP contribution >= 0.6 is 0 Å². The third-order valence-electron chi connectivity index (χ3n) is 11.0. The van der Waals surface area contributed by atoms with Crippen LogP contribution in [0.1, 0.15) is 42.3 Å². The smallest absolute Gasteiger partial charge is 0.368 e. The van der Waals surface area contributed by atoms with Crippen molar-refractivity contribution in [3.05, 3.63) is 65.0 Å². The van der Waals surface area contributed by atoms with Gasteiger partial charge in [-0.15, -0.1) is 0 Å². The number of likely N-dealkylation sites (tertiary alicyclic amines) is 1. The van der Waals surface area contributed by atoms with E-state index in [4.69, 9.17) is 0 Å². The fraction of sp³-hybridized carbons (Fsp3) is 0.528. The molecule has 266 valence electrons. The van der Waals surface area contributed by atoms with E-state index in [-0.39, 0.29) is 17.0 Å². The summed E-state index contributed by atoms with van der Waals surface area (Å²) in [5.74, 6) is 0. The van der Waals surface area contributed by atoms with Crippen molar-refractivity contribution in [2.45, 2.75) is 58.4 Å². The van der Waals surface area contributed by atoms with Gasteiger partial charge in [0.05, 0.1) is 29.6 Å². The highest BCUT2D eigenvalue weighted by atomic mass is 32.2. The lowest BCUT2D eigenvalue weighted by Gasteiger charge is -2.55. The number of anilines is 1. The molecule has 0 aliphatic carbocycles. The zero-order valence-electron chi connectivity index (χ0n) is 28.7. The van der Waals surface area contributed by atoms with Crippen molar-refractivity contribution in [2.75, 3.05) is 63.5 Å². The van der Waals surface area contributed by atoms with Crippen LogP contribution in [-0.2, 0) is 29.5 Å². The molecule has 0 amide bonds. The van der Waals surface area contributed by atoms with Crippen molar-refractivity contribution in [2.24, 2.45) is 5.41 Å². The molecule has 3 aliphatic heterocycles. The summed E-state index contributed by atoms with van der Waals surface area (Å²) in [7, 11) is -3.19. The standard InChI is InChI=1S/C36H43F3N8O2S/c1-25(44-12-14-46(15-13-44)50(3,48)49)21-47-30(20-40)18-29-16-28(5-7-33(29)47)22-43-10-8-35(9-11-43)23-45(24-35)34-26(2)41-42-32-6-4-27(17-31(32)34)19-36(37,38)39/h4-7,16-18,25H,8-15,19,21-24H2,1-3H3. The number of hydrogen-bond donors (Lipinski definition) is 0. The first-order chi connectivity index (χ1) is 23.7. The van der Waals surface area contributed by atoms with Crippen LogP contribution in [0.5, 0.6) is 0 Å². The number of benzene rings is 2. The second-order valence-electron chi connectivity index (χ2n) is 14.6.